The van der Waals surface area contributed by atoms with E-state index in [2.05, 4.69) is 50.5 Å². The molecule has 0 bridgehead atoms. The number of rotatable bonds is 6. The quantitative estimate of drug-likeness (QED) is 0.217. The van der Waals surface area contributed by atoms with Crippen molar-refractivity contribution in [1.82, 2.24) is 0 Å². The van der Waals surface area contributed by atoms with Gasteiger partial charge in [0.1, 0.15) is 0 Å². The monoisotopic (exact) mass is 738 g/mol. The molecule has 242 valence electrons. The fourth-order valence-electron chi connectivity index (χ4n) is 7.82. The molecule has 0 aliphatic heterocycles. The fraction of sp³-hybridized carbons (Fsp3) is 0.694. The zero-order chi connectivity index (χ0) is 30.9. The summed E-state index contributed by atoms with van der Waals surface area (Å²) in [6.45, 7) is 11.6. The Labute approximate surface area is 280 Å². The summed E-state index contributed by atoms with van der Waals surface area (Å²) in [5.41, 5.74) is 8.00. The number of hydrogen-bond acceptors (Lipinski definition) is 2. The molecule has 4 aliphatic rings. The van der Waals surface area contributed by atoms with Crippen molar-refractivity contribution in [3.8, 4) is 11.5 Å². The van der Waals surface area contributed by atoms with Gasteiger partial charge >= 0.3 is 46.5 Å². The molecular weight excluding hydrogens is 683 g/mol. The fourth-order valence-corrected chi connectivity index (χ4v) is 13.2. The van der Waals surface area contributed by atoms with Crippen LogP contribution >= 0.6 is 17.0 Å². The summed E-state index contributed by atoms with van der Waals surface area (Å²) < 4.78 is 15.0. The number of hydrogen-bond donors (Lipinski definition) is 0. The zero-order valence-corrected chi connectivity index (χ0v) is 33.8. The van der Waals surface area contributed by atoms with E-state index in [1.54, 1.807) is 22.3 Å². The first-order chi connectivity index (χ1) is 20.6. The van der Waals surface area contributed by atoms with Gasteiger partial charge in [0.2, 0.25) is 16.6 Å². The Balaban J connectivity index is 0.000000171. The average Bonchev–Trinajstić information content (AvgIpc) is 3.60. The van der Waals surface area contributed by atoms with Gasteiger partial charge in [-0.1, -0.05) is 89.9 Å². The van der Waals surface area contributed by atoms with Crippen molar-refractivity contribution in [3.05, 3.63) is 46.5 Å². The second-order valence-corrected chi connectivity index (χ2v) is 31.8. The third-order valence-electron chi connectivity index (χ3n) is 10.5. The largest absolute Gasteiger partial charge is 0.565 e. The molecule has 2 aromatic carbocycles. The Kier molecular flexibility index (Phi) is 14.4. The minimum absolute atomic E-state index is 0.869. The first kappa shape index (κ1) is 35.9. The van der Waals surface area contributed by atoms with Gasteiger partial charge in [0.05, 0.1) is 0 Å². The molecule has 0 atom stereocenters. The molecule has 0 spiro atoms. The van der Waals surface area contributed by atoms with Gasteiger partial charge in [-0.15, -0.1) is 12.1 Å². The average molecular weight is 741 g/mol. The van der Waals surface area contributed by atoms with Crippen LogP contribution in [0.25, 0.3) is 0 Å². The minimum Gasteiger partial charge on any atom is -0.565 e. The van der Waals surface area contributed by atoms with E-state index in [9.17, 15) is 0 Å². The molecule has 0 saturated heterocycles. The Bertz CT molecular complexity index is 1020. The molecule has 2 nitrogen and oxygen atoms in total. The van der Waals surface area contributed by atoms with Crippen LogP contribution in [0.4, 0.5) is 0 Å². The molecule has 2 fully saturated rings. The van der Waals surface area contributed by atoms with Crippen LogP contribution in [-0.2, 0) is 44.6 Å². The van der Waals surface area contributed by atoms with Crippen LogP contribution in [-0.4, -0.2) is 20.3 Å². The van der Waals surface area contributed by atoms with E-state index in [0.29, 0.717) is 0 Å². The second-order valence-electron chi connectivity index (χ2n) is 14.6. The standard InChI is InChI=1S/2C17H27OSi.C2H4.2ClH.Zr/c2*1-19(2,17-10-4-3-5-11-17)18-16-12-14-8-6-7-9-15(14)13-16;1-2;;;/h2*12-13,17H,3-11H2,1-2H3;1H,2H3;2*1H;/q2*-1;;;;+2/p-2. The zero-order valence-electron chi connectivity index (χ0n) is 27.8. The van der Waals surface area contributed by atoms with Crippen molar-refractivity contribution in [3.63, 3.8) is 0 Å². The molecule has 4 aliphatic carbocycles. The van der Waals surface area contributed by atoms with Gasteiger partial charge in [-0.25, -0.2) is 0 Å². The van der Waals surface area contributed by atoms with Gasteiger partial charge in [0.15, 0.2) is 0 Å². The van der Waals surface area contributed by atoms with Crippen molar-refractivity contribution in [2.24, 2.45) is 0 Å². The van der Waals surface area contributed by atoms with E-state index in [0.717, 1.165) is 11.1 Å². The number of aryl methyl sites for hydroxylation is 4. The van der Waals surface area contributed by atoms with E-state index in [1.165, 1.54) is 127 Å². The minimum atomic E-state index is -1.76. The van der Waals surface area contributed by atoms with Gasteiger partial charge in [-0.3, -0.25) is 0 Å². The van der Waals surface area contributed by atoms with E-state index in [1.807, 2.05) is 10.6 Å². The molecule has 7 heteroatoms. The van der Waals surface area contributed by atoms with Gasteiger partial charge < -0.3 is 8.85 Å². The van der Waals surface area contributed by atoms with Crippen molar-refractivity contribution >= 4 is 37.4 Å². The van der Waals surface area contributed by atoms with Crippen molar-refractivity contribution in [2.45, 2.75) is 160 Å². The summed E-state index contributed by atoms with van der Waals surface area (Å²) >= 11 is -1.76. The Morgan fingerprint density at radius 3 is 1.30 bits per heavy atom. The third kappa shape index (κ3) is 11.1. The normalized spacial score (nSPS) is 19.5. The summed E-state index contributed by atoms with van der Waals surface area (Å²) in [5.74, 6) is 2.38. The van der Waals surface area contributed by atoms with E-state index in [4.69, 9.17) is 25.9 Å². The van der Waals surface area contributed by atoms with Gasteiger partial charge in [0.25, 0.3) is 0 Å². The molecule has 2 aromatic rings. The van der Waals surface area contributed by atoms with E-state index in [-0.39, 0.29) is 0 Å². The molecule has 0 N–H and O–H groups in total. The molecule has 0 amide bonds. The topological polar surface area (TPSA) is 18.5 Å². The molecular formula is C36H58Cl2O2Si2Zr-2. The summed E-state index contributed by atoms with van der Waals surface area (Å²) in [6.07, 6.45) is 24.7. The molecule has 2 saturated carbocycles. The smallest absolute Gasteiger partial charge is 0.244 e. The van der Waals surface area contributed by atoms with Crippen LogP contribution in [0.5, 0.6) is 11.5 Å². The summed E-state index contributed by atoms with van der Waals surface area (Å²) in [4.78, 5) is 0. The predicted octanol–water partition coefficient (Wildman–Crippen LogP) is 12.1. The molecule has 0 unspecified atom stereocenters. The van der Waals surface area contributed by atoms with Gasteiger partial charge in [-0.2, -0.15) is 34.4 Å². The number of halogens is 2. The van der Waals surface area contributed by atoms with Crippen LogP contribution < -0.4 is 8.85 Å². The van der Waals surface area contributed by atoms with Gasteiger partial charge in [0, 0.05) is 0 Å². The Morgan fingerprint density at radius 1 is 0.628 bits per heavy atom. The summed E-state index contributed by atoms with van der Waals surface area (Å²) in [6, 6.07) is 9.36. The molecule has 0 radical (unpaired) electrons. The number of fused-ring (bicyclic) bond motifs is 2. The second kappa shape index (κ2) is 17.3. The SMILES string of the molecule is C[CH]=[Zr]([Cl])[Cl].C[Si](C)(Oc1cc2c([cH-]1)CCCC2)C1CCCCC1.C[Si](C)(Oc1cc2c([cH-]1)CCCC2)C1CCCCC1. The summed E-state index contributed by atoms with van der Waals surface area (Å²) in [7, 11) is 7.62. The maximum absolute atomic E-state index is 6.53. The Hall–Kier alpha value is 0.0669. The van der Waals surface area contributed by atoms with Crippen LogP contribution in [0.15, 0.2) is 24.3 Å². The van der Waals surface area contributed by atoms with Crippen LogP contribution in [0.1, 0.15) is 119 Å². The van der Waals surface area contributed by atoms with E-state index >= 15 is 0 Å². The maximum Gasteiger partial charge on any atom is 0.244 e. The summed E-state index contributed by atoms with van der Waals surface area (Å²) in [5, 5.41) is 0. The van der Waals surface area contributed by atoms with Gasteiger partial charge in [-0.05, 0) is 74.5 Å². The van der Waals surface area contributed by atoms with E-state index < -0.39 is 35.5 Å². The molecule has 0 aromatic heterocycles. The third-order valence-corrected chi connectivity index (χ3v) is 20.8. The first-order valence-electron chi connectivity index (χ1n) is 17.5. The maximum atomic E-state index is 6.53. The van der Waals surface area contributed by atoms with Crippen LogP contribution in [0.2, 0.25) is 37.3 Å². The van der Waals surface area contributed by atoms with Crippen molar-refractivity contribution < 1.29 is 27.7 Å². The molecule has 43 heavy (non-hydrogen) atoms. The Morgan fingerprint density at radius 2 is 0.977 bits per heavy atom. The van der Waals surface area contributed by atoms with Crippen LogP contribution in [0.3, 0.4) is 0 Å². The predicted molar refractivity (Wildman–Crippen MR) is 191 cm³/mol. The van der Waals surface area contributed by atoms with Crippen molar-refractivity contribution in [2.75, 3.05) is 0 Å². The van der Waals surface area contributed by atoms with Crippen LogP contribution in [0, 0.1) is 0 Å². The van der Waals surface area contributed by atoms with Crippen molar-refractivity contribution in [1.29, 1.82) is 0 Å². The first-order valence-corrected chi connectivity index (χ1v) is 31.2. The molecule has 6 rings (SSSR count). The molecule has 0 heterocycles.